The first-order chi connectivity index (χ1) is 12.7. The molecule has 6 nitrogen and oxygen atoms in total. The third kappa shape index (κ3) is 3.27. The molecule has 3 heterocycles. The molecule has 1 aromatic carbocycles. The van der Waals surface area contributed by atoms with Gasteiger partial charge in [-0.25, -0.2) is 4.98 Å². The number of carbonyl (C=O) groups excluding carboxylic acids is 1. The maximum Gasteiger partial charge on any atom is 0.253 e. The molecule has 1 N–H and O–H groups in total. The van der Waals surface area contributed by atoms with Crippen molar-refractivity contribution in [3.8, 4) is 0 Å². The van der Waals surface area contributed by atoms with Gasteiger partial charge in [-0.05, 0) is 37.0 Å². The quantitative estimate of drug-likeness (QED) is 0.769. The summed E-state index contributed by atoms with van der Waals surface area (Å²) in [7, 11) is 0. The monoisotopic (exact) mass is 349 g/mol. The number of nitrogens with one attached hydrogen (secondary N) is 1. The molecule has 0 radical (unpaired) electrons. The Balaban J connectivity index is 1.46. The number of rotatable bonds is 5. The number of likely N-dealkylation sites (tertiary alicyclic amines) is 1. The minimum absolute atomic E-state index is 0.141. The Morgan fingerprint density at radius 1 is 1.15 bits per heavy atom. The number of amides is 1. The third-order valence-electron chi connectivity index (χ3n) is 4.84. The molecule has 0 unspecified atom stereocenters. The van der Waals surface area contributed by atoms with Crippen LogP contribution < -0.4 is 5.32 Å². The standard InChI is InChI=1S/C20H23N5O/c1-2-17-13-19(25-18(23-17)9-10-22-25)21-14-15-5-7-16(8-6-15)20(26)24-11-3-4-12-24/h5-10,13,21H,2-4,11-12,14H2,1H3. The minimum Gasteiger partial charge on any atom is -0.366 e. The van der Waals surface area contributed by atoms with Crippen molar-refractivity contribution in [2.24, 2.45) is 0 Å². The Morgan fingerprint density at radius 3 is 2.65 bits per heavy atom. The van der Waals surface area contributed by atoms with Crippen LogP contribution in [-0.2, 0) is 13.0 Å². The fraction of sp³-hybridized carbons (Fsp3) is 0.350. The number of hydrogen-bond donors (Lipinski definition) is 1. The molecule has 1 aliphatic rings. The summed E-state index contributed by atoms with van der Waals surface area (Å²) in [6.45, 7) is 4.52. The van der Waals surface area contributed by atoms with Crippen molar-refractivity contribution in [3.05, 3.63) is 59.4 Å². The van der Waals surface area contributed by atoms with Gasteiger partial charge < -0.3 is 10.2 Å². The second kappa shape index (κ2) is 7.15. The van der Waals surface area contributed by atoms with Crippen molar-refractivity contribution >= 4 is 17.4 Å². The van der Waals surface area contributed by atoms with Gasteiger partial charge in [-0.15, -0.1) is 0 Å². The first-order valence-electron chi connectivity index (χ1n) is 9.20. The van der Waals surface area contributed by atoms with E-state index in [0.717, 1.165) is 60.6 Å². The van der Waals surface area contributed by atoms with E-state index in [9.17, 15) is 4.79 Å². The molecular weight excluding hydrogens is 326 g/mol. The van der Waals surface area contributed by atoms with Crippen LogP contribution >= 0.6 is 0 Å². The number of aromatic nitrogens is 3. The Bertz CT molecular complexity index is 910. The lowest BCUT2D eigenvalue weighted by molar-refractivity contribution is 0.0793. The maximum atomic E-state index is 12.4. The molecule has 1 amide bonds. The second-order valence-electron chi connectivity index (χ2n) is 6.64. The average molecular weight is 349 g/mol. The van der Waals surface area contributed by atoms with Crippen molar-refractivity contribution in [2.75, 3.05) is 18.4 Å². The van der Waals surface area contributed by atoms with E-state index >= 15 is 0 Å². The largest absolute Gasteiger partial charge is 0.366 e. The van der Waals surface area contributed by atoms with Crippen molar-refractivity contribution in [2.45, 2.75) is 32.7 Å². The van der Waals surface area contributed by atoms with Crippen molar-refractivity contribution < 1.29 is 4.79 Å². The summed E-state index contributed by atoms with van der Waals surface area (Å²) in [5, 5.41) is 7.76. The van der Waals surface area contributed by atoms with Gasteiger partial charge in [0.05, 0.1) is 6.20 Å². The molecule has 0 spiro atoms. The predicted octanol–water partition coefficient (Wildman–Crippen LogP) is 3.14. The summed E-state index contributed by atoms with van der Waals surface area (Å²) >= 11 is 0. The van der Waals surface area contributed by atoms with E-state index < -0.39 is 0 Å². The molecule has 26 heavy (non-hydrogen) atoms. The average Bonchev–Trinajstić information content (AvgIpc) is 3.37. The highest BCUT2D eigenvalue weighted by Crippen LogP contribution is 2.16. The van der Waals surface area contributed by atoms with Crippen LogP contribution in [0.3, 0.4) is 0 Å². The molecule has 1 aliphatic heterocycles. The van der Waals surface area contributed by atoms with Crippen molar-refractivity contribution in [1.29, 1.82) is 0 Å². The summed E-state index contributed by atoms with van der Waals surface area (Å²) < 4.78 is 1.81. The highest BCUT2D eigenvalue weighted by atomic mass is 16.2. The van der Waals surface area contributed by atoms with E-state index in [1.165, 1.54) is 0 Å². The molecule has 1 fully saturated rings. The molecule has 0 bridgehead atoms. The smallest absolute Gasteiger partial charge is 0.253 e. The fourth-order valence-corrected chi connectivity index (χ4v) is 3.33. The Morgan fingerprint density at radius 2 is 1.92 bits per heavy atom. The number of fused-ring (bicyclic) bond motifs is 1. The molecular formula is C20H23N5O. The zero-order valence-electron chi connectivity index (χ0n) is 15.0. The second-order valence-corrected chi connectivity index (χ2v) is 6.64. The molecule has 0 aliphatic carbocycles. The van der Waals surface area contributed by atoms with Crippen LogP contribution in [0.5, 0.6) is 0 Å². The SMILES string of the molecule is CCc1cc(NCc2ccc(C(=O)N3CCCC3)cc2)n2nccc2n1. The first kappa shape index (κ1) is 16.6. The maximum absolute atomic E-state index is 12.4. The van der Waals surface area contributed by atoms with Gasteiger partial charge in [-0.3, -0.25) is 4.79 Å². The van der Waals surface area contributed by atoms with Gasteiger partial charge in [0.1, 0.15) is 5.82 Å². The summed E-state index contributed by atoms with van der Waals surface area (Å²) in [6.07, 6.45) is 4.86. The summed E-state index contributed by atoms with van der Waals surface area (Å²) in [5.41, 5.74) is 3.77. The molecule has 0 saturated carbocycles. The summed E-state index contributed by atoms with van der Waals surface area (Å²) in [4.78, 5) is 18.9. The fourth-order valence-electron chi connectivity index (χ4n) is 3.33. The van der Waals surface area contributed by atoms with Gasteiger partial charge in [0.15, 0.2) is 5.65 Å². The molecule has 2 aromatic heterocycles. The predicted molar refractivity (Wildman–Crippen MR) is 101 cm³/mol. The van der Waals surface area contributed by atoms with Gasteiger partial charge in [0, 0.05) is 43.0 Å². The van der Waals surface area contributed by atoms with Crippen LogP contribution in [0.25, 0.3) is 5.65 Å². The number of anilines is 1. The van der Waals surface area contributed by atoms with Crippen LogP contribution in [-0.4, -0.2) is 38.5 Å². The third-order valence-corrected chi connectivity index (χ3v) is 4.84. The molecule has 3 aromatic rings. The number of aryl methyl sites for hydroxylation is 1. The highest BCUT2D eigenvalue weighted by Gasteiger charge is 2.19. The van der Waals surface area contributed by atoms with Crippen LogP contribution in [0.4, 0.5) is 5.82 Å². The van der Waals surface area contributed by atoms with Crippen LogP contribution in [0.15, 0.2) is 42.6 Å². The van der Waals surface area contributed by atoms with E-state index in [0.29, 0.717) is 6.54 Å². The van der Waals surface area contributed by atoms with E-state index in [4.69, 9.17) is 0 Å². The van der Waals surface area contributed by atoms with Crippen LogP contribution in [0.1, 0.15) is 41.4 Å². The lowest BCUT2D eigenvalue weighted by atomic mass is 10.1. The van der Waals surface area contributed by atoms with E-state index in [1.54, 1.807) is 6.20 Å². The van der Waals surface area contributed by atoms with E-state index in [-0.39, 0.29) is 5.91 Å². The van der Waals surface area contributed by atoms with Gasteiger partial charge in [0.25, 0.3) is 5.91 Å². The van der Waals surface area contributed by atoms with Crippen LogP contribution in [0.2, 0.25) is 0 Å². The lowest BCUT2D eigenvalue weighted by Gasteiger charge is -2.15. The van der Waals surface area contributed by atoms with Gasteiger partial charge >= 0.3 is 0 Å². The van der Waals surface area contributed by atoms with E-state index in [1.807, 2.05) is 45.8 Å². The van der Waals surface area contributed by atoms with Crippen molar-refractivity contribution in [3.63, 3.8) is 0 Å². The summed E-state index contributed by atoms with van der Waals surface area (Å²) in [6, 6.07) is 11.8. The summed E-state index contributed by atoms with van der Waals surface area (Å²) in [5.74, 6) is 1.07. The Kier molecular flexibility index (Phi) is 4.56. The minimum atomic E-state index is 0.141. The molecule has 6 heteroatoms. The van der Waals surface area contributed by atoms with Gasteiger partial charge in [-0.1, -0.05) is 19.1 Å². The normalized spacial score (nSPS) is 14.1. The Labute approximate surface area is 152 Å². The number of nitrogens with zero attached hydrogens (tertiary/aromatic N) is 4. The first-order valence-corrected chi connectivity index (χ1v) is 9.20. The number of carbonyl (C=O) groups is 1. The topological polar surface area (TPSA) is 62.5 Å². The zero-order chi connectivity index (χ0) is 17.9. The molecule has 4 rings (SSSR count). The van der Waals surface area contributed by atoms with E-state index in [2.05, 4.69) is 22.3 Å². The highest BCUT2D eigenvalue weighted by molar-refractivity contribution is 5.94. The number of hydrogen-bond acceptors (Lipinski definition) is 4. The zero-order valence-corrected chi connectivity index (χ0v) is 15.0. The van der Waals surface area contributed by atoms with Gasteiger partial charge in [-0.2, -0.15) is 9.61 Å². The molecule has 134 valence electrons. The Hall–Kier alpha value is -2.89. The molecule has 0 atom stereocenters. The molecule has 1 saturated heterocycles. The van der Waals surface area contributed by atoms with Gasteiger partial charge in [0.2, 0.25) is 0 Å². The van der Waals surface area contributed by atoms with Crippen LogP contribution in [0, 0.1) is 0 Å². The number of benzene rings is 1. The lowest BCUT2D eigenvalue weighted by Crippen LogP contribution is -2.27. The van der Waals surface area contributed by atoms with Crippen molar-refractivity contribution in [1.82, 2.24) is 19.5 Å².